The summed E-state index contributed by atoms with van der Waals surface area (Å²) >= 11 is 1.50. The highest BCUT2D eigenvalue weighted by molar-refractivity contribution is 7.12. The molecule has 0 radical (unpaired) electrons. The van der Waals surface area contributed by atoms with Crippen LogP contribution < -0.4 is 0 Å². The van der Waals surface area contributed by atoms with Gasteiger partial charge in [0, 0.05) is 38.3 Å². The maximum Gasteiger partial charge on any atom is 0.264 e. The molecule has 0 saturated carbocycles. The summed E-state index contributed by atoms with van der Waals surface area (Å²) in [6.45, 7) is 7.95. The predicted molar refractivity (Wildman–Crippen MR) is 93.1 cm³/mol. The average molecular weight is 330 g/mol. The van der Waals surface area contributed by atoms with Crippen LogP contribution in [0, 0.1) is 13.8 Å². The Morgan fingerprint density at radius 1 is 1.17 bits per heavy atom. The number of hydrogen-bond acceptors (Lipinski definition) is 4. The molecule has 2 aromatic rings. The molecule has 1 fully saturated rings. The van der Waals surface area contributed by atoms with Crippen LogP contribution in [0.1, 0.15) is 26.4 Å². The van der Waals surface area contributed by atoms with Crippen molar-refractivity contribution in [3.8, 4) is 5.75 Å². The maximum atomic E-state index is 12.3. The number of carbonyl (C=O) groups is 1. The first-order valence-electron chi connectivity index (χ1n) is 7.89. The largest absolute Gasteiger partial charge is 0.508 e. The maximum absolute atomic E-state index is 12.3. The van der Waals surface area contributed by atoms with Crippen molar-refractivity contribution in [2.24, 2.45) is 0 Å². The predicted octanol–water partition coefficient (Wildman–Crippen LogP) is 3.03. The number of phenolic OH excluding ortho intramolecular Hbond substituents is 1. The van der Waals surface area contributed by atoms with Gasteiger partial charge in [0.1, 0.15) is 5.75 Å². The molecule has 1 aliphatic heterocycles. The fourth-order valence-electron chi connectivity index (χ4n) is 2.89. The molecule has 0 spiro atoms. The van der Waals surface area contributed by atoms with E-state index in [1.807, 2.05) is 35.4 Å². The van der Waals surface area contributed by atoms with Crippen molar-refractivity contribution in [2.75, 3.05) is 26.2 Å². The Morgan fingerprint density at radius 2 is 1.87 bits per heavy atom. The van der Waals surface area contributed by atoms with Crippen LogP contribution in [0.25, 0.3) is 0 Å². The Labute approximate surface area is 141 Å². The van der Waals surface area contributed by atoms with Gasteiger partial charge in [0.15, 0.2) is 0 Å². The zero-order chi connectivity index (χ0) is 16.4. The summed E-state index contributed by atoms with van der Waals surface area (Å²) in [5, 5.41) is 12.1. The third-order valence-electron chi connectivity index (χ3n) is 4.48. The lowest BCUT2D eigenvalue weighted by atomic mass is 10.0. The van der Waals surface area contributed by atoms with Gasteiger partial charge in [0.05, 0.1) is 4.88 Å². The number of thiophene rings is 1. The molecule has 0 unspecified atom stereocenters. The standard InChI is InChI=1S/C18H22N2O2S/c1-13-10-15(16(21)11-14(13)2)12-19-5-7-20(8-6-19)18(22)17-4-3-9-23-17/h3-4,9-11,21H,5-8,12H2,1-2H3. The summed E-state index contributed by atoms with van der Waals surface area (Å²) < 4.78 is 0. The van der Waals surface area contributed by atoms with Gasteiger partial charge in [0.25, 0.3) is 5.91 Å². The van der Waals surface area contributed by atoms with E-state index in [9.17, 15) is 9.90 Å². The number of phenols is 1. The molecule has 1 aromatic heterocycles. The van der Waals surface area contributed by atoms with Gasteiger partial charge in [0.2, 0.25) is 0 Å². The molecule has 1 N–H and O–H groups in total. The first-order valence-corrected chi connectivity index (χ1v) is 8.77. The van der Waals surface area contributed by atoms with Gasteiger partial charge in [-0.25, -0.2) is 0 Å². The number of amides is 1. The molecule has 0 bridgehead atoms. The quantitative estimate of drug-likeness (QED) is 0.941. The molecule has 5 heteroatoms. The number of hydrogen-bond donors (Lipinski definition) is 1. The first-order chi connectivity index (χ1) is 11.0. The average Bonchev–Trinajstić information content (AvgIpc) is 3.07. The Balaban J connectivity index is 1.59. The van der Waals surface area contributed by atoms with Crippen LogP contribution in [0.4, 0.5) is 0 Å². The number of aryl methyl sites for hydroxylation is 2. The molecule has 4 nitrogen and oxygen atoms in total. The van der Waals surface area contributed by atoms with Gasteiger partial charge in [-0.05, 0) is 42.5 Å². The van der Waals surface area contributed by atoms with Gasteiger partial charge in [-0.2, -0.15) is 0 Å². The van der Waals surface area contributed by atoms with E-state index >= 15 is 0 Å². The minimum Gasteiger partial charge on any atom is -0.508 e. The smallest absolute Gasteiger partial charge is 0.264 e. The van der Waals surface area contributed by atoms with Crippen LogP contribution >= 0.6 is 11.3 Å². The highest BCUT2D eigenvalue weighted by Gasteiger charge is 2.23. The Morgan fingerprint density at radius 3 is 2.52 bits per heavy atom. The number of carbonyl (C=O) groups excluding carboxylic acids is 1. The van der Waals surface area contributed by atoms with Gasteiger partial charge in [-0.1, -0.05) is 12.1 Å². The van der Waals surface area contributed by atoms with Crippen molar-refractivity contribution in [1.82, 2.24) is 9.80 Å². The highest BCUT2D eigenvalue weighted by atomic mass is 32.1. The molecule has 3 rings (SSSR count). The lowest BCUT2D eigenvalue weighted by Crippen LogP contribution is -2.48. The summed E-state index contributed by atoms with van der Waals surface area (Å²) in [4.78, 5) is 17.4. The summed E-state index contributed by atoms with van der Waals surface area (Å²) in [7, 11) is 0. The number of piperazine rings is 1. The molecule has 0 aliphatic carbocycles. The highest BCUT2D eigenvalue weighted by Crippen LogP contribution is 2.24. The van der Waals surface area contributed by atoms with E-state index in [1.54, 1.807) is 0 Å². The van der Waals surface area contributed by atoms with E-state index < -0.39 is 0 Å². The van der Waals surface area contributed by atoms with E-state index in [1.165, 1.54) is 16.9 Å². The minimum atomic E-state index is 0.133. The van der Waals surface area contributed by atoms with Gasteiger partial charge in [-0.15, -0.1) is 11.3 Å². The van der Waals surface area contributed by atoms with E-state index in [4.69, 9.17) is 0 Å². The summed E-state index contributed by atoms with van der Waals surface area (Å²) in [5.74, 6) is 0.499. The van der Waals surface area contributed by atoms with Crippen molar-refractivity contribution < 1.29 is 9.90 Å². The van der Waals surface area contributed by atoms with Crippen molar-refractivity contribution in [1.29, 1.82) is 0 Å². The van der Waals surface area contributed by atoms with E-state index in [-0.39, 0.29) is 5.91 Å². The summed E-state index contributed by atoms with van der Waals surface area (Å²) in [6.07, 6.45) is 0. The fraction of sp³-hybridized carbons (Fsp3) is 0.389. The summed E-state index contributed by atoms with van der Waals surface area (Å²) in [6, 6.07) is 7.69. The Bertz CT molecular complexity index is 689. The topological polar surface area (TPSA) is 43.8 Å². The lowest BCUT2D eigenvalue weighted by molar-refractivity contribution is 0.0632. The second-order valence-electron chi connectivity index (χ2n) is 6.11. The monoisotopic (exact) mass is 330 g/mol. The molecular formula is C18H22N2O2S. The SMILES string of the molecule is Cc1cc(O)c(CN2CCN(C(=O)c3cccs3)CC2)cc1C. The van der Waals surface area contributed by atoms with Crippen molar-refractivity contribution >= 4 is 17.2 Å². The second-order valence-corrected chi connectivity index (χ2v) is 7.06. The number of aromatic hydroxyl groups is 1. The molecule has 122 valence electrons. The van der Waals surface area contributed by atoms with Crippen molar-refractivity contribution in [2.45, 2.75) is 20.4 Å². The molecule has 1 aromatic carbocycles. The third-order valence-corrected chi connectivity index (χ3v) is 5.34. The zero-order valence-electron chi connectivity index (χ0n) is 13.6. The van der Waals surface area contributed by atoms with E-state index in [0.717, 1.165) is 48.7 Å². The zero-order valence-corrected chi connectivity index (χ0v) is 14.4. The second kappa shape index (κ2) is 6.72. The van der Waals surface area contributed by atoms with Crippen LogP contribution in [-0.4, -0.2) is 47.0 Å². The number of benzene rings is 1. The van der Waals surface area contributed by atoms with Crippen LogP contribution in [0.15, 0.2) is 29.6 Å². The minimum absolute atomic E-state index is 0.133. The van der Waals surface area contributed by atoms with Crippen LogP contribution in [0.3, 0.4) is 0 Å². The fourth-order valence-corrected chi connectivity index (χ4v) is 3.58. The first kappa shape index (κ1) is 16.0. The van der Waals surface area contributed by atoms with Gasteiger partial charge < -0.3 is 10.0 Å². The molecule has 1 aliphatic rings. The molecular weight excluding hydrogens is 308 g/mol. The molecule has 0 atom stereocenters. The molecule has 1 amide bonds. The van der Waals surface area contributed by atoms with Crippen LogP contribution in [0.2, 0.25) is 0 Å². The van der Waals surface area contributed by atoms with Gasteiger partial charge in [-0.3, -0.25) is 9.69 Å². The Kier molecular flexibility index (Phi) is 4.68. The van der Waals surface area contributed by atoms with Crippen LogP contribution in [0.5, 0.6) is 5.75 Å². The van der Waals surface area contributed by atoms with E-state index in [2.05, 4.69) is 17.9 Å². The Hall–Kier alpha value is -1.85. The van der Waals surface area contributed by atoms with Gasteiger partial charge >= 0.3 is 0 Å². The third kappa shape index (κ3) is 3.57. The number of rotatable bonds is 3. The lowest BCUT2D eigenvalue weighted by Gasteiger charge is -2.34. The van der Waals surface area contributed by atoms with Crippen LogP contribution in [-0.2, 0) is 6.54 Å². The van der Waals surface area contributed by atoms with E-state index in [0.29, 0.717) is 5.75 Å². The summed E-state index contributed by atoms with van der Waals surface area (Å²) in [5.41, 5.74) is 3.27. The molecule has 2 heterocycles. The van der Waals surface area contributed by atoms with Crippen molar-refractivity contribution in [3.63, 3.8) is 0 Å². The number of nitrogens with zero attached hydrogens (tertiary/aromatic N) is 2. The normalized spacial score (nSPS) is 15.8. The molecule has 1 saturated heterocycles. The van der Waals surface area contributed by atoms with Crippen molar-refractivity contribution in [3.05, 3.63) is 51.2 Å². The molecule has 23 heavy (non-hydrogen) atoms.